The van der Waals surface area contributed by atoms with Crippen LogP contribution in [0.2, 0.25) is 0 Å². The van der Waals surface area contributed by atoms with Gasteiger partial charge < -0.3 is 4.74 Å². The smallest absolute Gasteiger partial charge is 0.417 e. The average molecular weight is 169 g/mol. The van der Waals surface area contributed by atoms with Gasteiger partial charge in [0, 0.05) is 6.42 Å². The van der Waals surface area contributed by atoms with E-state index >= 15 is 0 Å². The van der Waals surface area contributed by atoms with Crippen molar-refractivity contribution in [3.05, 3.63) is 0 Å². The molecule has 0 amide bonds. The molecule has 5 heteroatoms. The van der Waals surface area contributed by atoms with Gasteiger partial charge in [-0.3, -0.25) is 0 Å². The van der Waals surface area contributed by atoms with Crippen LogP contribution in [0, 0.1) is 0 Å². The summed E-state index contributed by atoms with van der Waals surface area (Å²) in [4.78, 5) is 9.40. The normalized spacial score (nSPS) is 11.2. The summed E-state index contributed by atoms with van der Waals surface area (Å²) in [5, 5.41) is 0. The van der Waals surface area contributed by atoms with Crippen LogP contribution in [0.3, 0.4) is 0 Å². The van der Waals surface area contributed by atoms with Gasteiger partial charge in [0.1, 0.15) is 0 Å². The molecule has 0 bridgehead atoms. The molecule has 0 heterocycles. The molecule has 0 aliphatic rings. The van der Waals surface area contributed by atoms with Crippen LogP contribution in [0.4, 0.5) is 13.2 Å². The topological polar surface area (TPSA) is 26.3 Å². The van der Waals surface area contributed by atoms with E-state index in [0.717, 1.165) is 6.47 Å². The second-order valence-electron chi connectivity index (χ2n) is 2.00. The van der Waals surface area contributed by atoms with E-state index in [1.54, 1.807) is 0 Å². The predicted octanol–water partition coefficient (Wildman–Crippen LogP) is 1.80. The van der Waals surface area contributed by atoms with Crippen LogP contribution in [0.5, 0.6) is 0 Å². The number of hydrogen-bond donors (Lipinski definition) is 0. The third-order valence-electron chi connectivity index (χ3n) is 1.02. The molecular weight excluding hydrogens is 161 g/mol. The SMILES string of the molecule is O=[C]OCCCCC(F)(F)F. The molecule has 11 heavy (non-hydrogen) atoms. The minimum atomic E-state index is -4.11. The third kappa shape index (κ3) is 9.26. The van der Waals surface area contributed by atoms with Crippen molar-refractivity contribution in [2.24, 2.45) is 0 Å². The highest BCUT2D eigenvalue weighted by Crippen LogP contribution is 2.21. The Balaban J connectivity index is 3.08. The largest absolute Gasteiger partial charge is 0.457 e. The van der Waals surface area contributed by atoms with E-state index in [1.165, 1.54) is 0 Å². The Labute approximate surface area is 62.3 Å². The van der Waals surface area contributed by atoms with E-state index in [2.05, 4.69) is 4.74 Å². The molecule has 0 spiro atoms. The molecule has 0 aromatic rings. The fourth-order valence-corrected chi connectivity index (χ4v) is 0.541. The van der Waals surface area contributed by atoms with Crippen LogP contribution < -0.4 is 0 Å². The van der Waals surface area contributed by atoms with E-state index < -0.39 is 12.6 Å². The lowest BCUT2D eigenvalue weighted by Gasteiger charge is -2.04. The molecule has 0 aliphatic heterocycles. The highest BCUT2D eigenvalue weighted by atomic mass is 19.4. The molecule has 0 rings (SSSR count). The molecule has 0 saturated heterocycles. The van der Waals surface area contributed by atoms with Crippen molar-refractivity contribution in [2.75, 3.05) is 6.61 Å². The highest BCUT2D eigenvalue weighted by molar-refractivity contribution is 5.37. The van der Waals surface area contributed by atoms with Gasteiger partial charge in [-0.25, -0.2) is 4.79 Å². The highest BCUT2D eigenvalue weighted by Gasteiger charge is 2.25. The first-order chi connectivity index (χ1) is 5.06. The molecule has 65 valence electrons. The van der Waals surface area contributed by atoms with E-state index in [9.17, 15) is 18.0 Å². The summed E-state index contributed by atoms with van der Waals surface area (Å²) in [6, 6.07) is 0. The zero-order valence-corrected chi connectivity index (χ0v) is 5.78. The molecule has 0 unspecified atom stereocenters. The molecule has 0 fully saturated rings. The molecule has 0 atom stereocenters. The predicted molar refractivity (Wildman–Crippen MR) is 31.6 cm³/mol. The Kier molecular flexibility index (Phi) is 4.65. The van der Waals surface area contributed by atoms with Gasteiger partial charge in [-0.05, 0) is 12.8 Å². The lowest BCUT2D eigenvalue weighted by atomic mass is 10.2. The molecule has 0 aromatic carbocycles. The Bertz CT molecular complexity index is 111. The Morgan fingerprint density at radius 2 is 1.91 bits per heavy atom. The number of rotatable bonds is 5. The minimum Gasteiger partial charge on any atom is -0.457 e. The summed E-state index contributed by atoms with van der Waals surface area (Å²) >= 11 is 0. The van der Waals surface area contributed by atoms with Crippen molar-refractivity contribution in [1.29, 1.82) is 0 Å². The summed E-state index contributed by atoms with van der Waals surface area (Å²) in [6.07, 6.45) is -4.71. The van der Waals surface area contributed by atoms with Gasteiger partial charge >= 0.3 is 12.6 Å². The quantitative estimate of drug-likeness (QED) is 0.586. The fraction of sp³-hybridized carbons (Fsp3) is 0.833. The van der Waals surface area contributed by atoms with Crippen molar-refractivity contribution < 1.29 is 22.7 Å². The second-order valence-corrected chi connectivity index (χ2v) is 2.00. The first kappa shape index (κ1) is 10.3. The van der Waals surface area contributed by atoms with Gasteiger partial charge in [0.2, 0.25) is 0 Å². The molecule has 0 N–H and O–H groups in total. The summed E-state index contributed by atoms with van der Waals surface area (Å²) in [5.74, 6) is 0. The molecule has 1 radical (unpaired) electrons. The Morgan fingerprint density at radius 1 is 1.27 bits per heavy atom. The van der Waals surface area contributed by atoms with Crippen LogP contribution in [0.15, 0.2) is 0 Å². The van der Waals surface area contributed by atoms with Gasteiger partial charge in [-0.2, -0.15) is 13.2 Å². The van der Waals surface area contributed by atoms with Crippen molar-refractivity contribution in [1.82, 2.24) is 0 Å². The van der Waals surface area contributed by atoms with Crippen molar-refractivity contribution in [3.8, 4) is 0 Å². The number of unbranched alkanes of at least 4 members (excludes halogenated alkanes) is 1. The first-order valence-electron chi connectivity index (χ1n) is 3.12. The lowest BCUT2D eigenvalue weighted by Crippen LogP contribution is -2.07. The minimum absolute atomic E-state index is 0.00875. The molecule has 2 nitrogen and oxygen atoms in total. The van der Waals surface area contributed by atoms with E-state index in [-0.39, 0.29) is 19.4 Å². The summed E-state index contributed by atoms with van der Waals surface area (Å²) in [6.45, 7) is 1.15. The number of alkyl halides is 3. The maximum Gasteiger partial charge on any atom is 0.417 e. The molecule has 0 aromatic heterocycles. The summed E-state index contributed by atoms with van der Waals surface area (Å²) in [7, 11) is 0. The van der Waals surface area contributed by atoms with Crippen molar-refractivity contribution in [3.63, 3.8) is 0 Å². The van der Waals surface area contributed by atoms with Gasteiger partial charge in [0.25, 0.3) is 0 Å². The summed E-state index contributed by atoms with van der Waals surface area (Å²) in [5.41, 5.74) is 0. The molecular formula is C6H8F3O2. The van der Waals surface area contributed by atoms with Gasteiger partial charge in [-0.1, -0.05) is 0 Å². The Morgan fingerprint density at radius 3 is 2.36 bits per heavy atom. The molecule has 0 aliphatic carbocycles. The molecule has 0 saturated carbocycles. The van der Waals surface area contributed by atoms with Crippen molar-refractivity contribution >= 4 is 6.47 Å². The van der Waals surface area contributed by atoms with E-state index in [1.807, 2.05) is 0 Å². The Hall–Kier alpha value is -0.740. The van der Waals surface area contributed by atoms with Gasteiger partial charge in [-0.15, -0.1) is 0 Å². The van der Waals surface area contributed by atoms with Crippen LogP contribution in [0.25, 0.3) is 0 Å². The maximum atomic E-state index is 11.4. The standard InChI is InChI=1S/C6H8F3O2/c7-6(8,9)3-1-2-4-11-5-10/h1-4H2. The van der Waals surface area contributed by atoms with Crippen LogP contribution in [-0.4, -0.2) is 19.3 Å². The van der Waals surface area contributed by atoms with Crippen LogP contribution >= 0.6 is 0 Å². The lowest BCUT2D eigenvalue weighted by molar-refractivity contribution is -0.135. The van der Waals surface area contributed by atoms with E-state index in [4.69, 9.17) is 0 Å². The number of halogens is 3. The third-order valence-corrected chi connectivity index (χ3v) is 1.02. The zero-order valence-electron chi connectivity index (χ0n) is 5.78. The maximum absolute atomic E-state index is 11.4. The van der Waals surface area contributed by atoms with Gasteiger partial charge in [0.15, 0.2) is 0 Å². The number of ether oxygens (including phenoxy) is 1. The van der Waals surface area contributed by atoms with Gasteiger partial charge in [0.05, 0.1) is 6.61 Å². The van der Waals surface area contributed by atoms with Crippen LogP contribution in [0.1, 0.15) is 19.3 Å². The fourth-order valence-electron chi connectivity index (χ4n) is 0.541. The van der Waals surface area contributed by atoms with Crippen LogP contribution in [-0.2, 0) is 9.53 Å². The first-order valence-corrected chi connectivity index (χ1v) is 3.12. The number of hydrogen-bond acceptors (Lipinski definition) is 2. The number of carbonyl (C=O) groups excluding carboxylic acids is 1. The monoisotopic (exact) mass is 169 g/mol. The van der Waals surface area contributed by atoms with E-state index in [0.29, 0.717) is 0 Å². The summed E-state index contributed by atoms with van der Waals surface area (Å²) < 4.78 is 38.4. The second kappa shape index (κ2) is 4.98. The van der Waals surface area contributed by atoms with Crippen molar-refractivity contribution in [2.45, 2.75) is 25.4 Å². The average Bonchev–Trinajstić information content (AvgIpc) is 1.85. The zero-order chi connectivity index (χ0) is 8.74.